The fourth-order valence-corrected chi connectivity index (χ4v) is 2.44. The molecule has 22 heavy (non-hydrogen) atoms. The Kier molecular flexibility index (Phi) is 5.60. The number of rotatable bonds is 7. The lowest BCUT2D eigenvalue weighted by Gasteiger charge is -2.14. The van der Waals surface area contributed by atoms with Gasteiger partial charge in [-0.25, -0.2) is 0 Å². The number of benzene rings is 2. The molecule has 0 bridgehead atoms. The maximum Gasteiger partial charge on any atom is 0.0419 e. The molecule has 0 fully saturated rings. The van der Waals surface area contributed by atoms with E-state index < -0.39 is 0 Å². The molecule has 0 spiro atoms. The largest absolute Gasteiger partial charge is 0.380 e. The van der Waals surface area contributed by atoms with E-state index in [0.29, 0.717) is 0 Å². The van der Waals surface area contributed by atoms with Crippen molar-refractivity contribution in [3.05, 3.63) is 78.4 Å². The summed E-state index contributed by atoms with van der Waals surface area (Å²) in [5.74, 6) is 0. The van der Waals surface area contributed by atoms with Crippen molar-refractivity contribution in [3.8, 4) is 0 Å². The average Bonchev–Trinajstić information content (AvgIpc) is 2.59. The molecule has 0 atom stereocenters. The topological polar surface area (TPSA) is 12.0 Å². The third-order valence-electron chi connectivity index (χ3n) is 3.98. The Morgan fingerprint density at radius 1 is 0.909 bits per heavy atom. The normalized spacial score (nSPS) is 10.3. The SMILES string of the molecule is C=C(CC)c1cccc(CNc2ccccc2C(=C)CC)c1. The van der Waals surface area contributed by atoms with Gasteiger partial charge in [0.25, 0.3) is 0 Å². The second-order valence-electron chi connectivity index (χ2n) is 5.51. The van der Waals surface area contributed by atoms with Crippen LogP contribution >= 0.6 is 0 Å². The minimum atomic E-state index is 0.804. The number of allylic oxidation sites excluding steroid dienone is 2. The molecule has 0 aromatic heterocycles. The predicted molar refractivity (Wildman–Crippen MR) is 98.9 cm³/mol. The molecule has 114 valence electrons. The summed E-state index contributed by atoms with van der Waals surface area (Å²) >= 11 is 0. The fraction of sp³-hybridized carbons (Fsp3) is 0.238. The van der Waals surface area contributed by atoms with Crippen LogP contribution in [0.15, 0.2) is 61.7 Å². The van der Waals surface area contributed by atoms with Crippen LogP contribution in [0.25, 0.3) is 11.1 Å². The first kappa shape index (κ1) is 16.1. The first-order valence-corrected chi connectivity index (χ1v) is 7.93. The predicted octanol–water partition coefficient (Wildman–Crippen LogP) is 6.15. The molecule has 1 heteroatoms. The Morgan fingerprint density at radius 2 is 1.64 bits per heavy atom. The van der Waals surface area contributed by atoms with Crippen molar-refractivity contribution in [2.24, 2.45) is 0 Å². The molecule has 2 aromatic rings. The molecular weight excluding hydrogens is 266 g/mol. The zero-order valence-electron chi connectivity index (χ0n) is 13.7. The van der Waals surface area contributed by atoms with Gasteiger partial charge in [-0.2, -0.15) is 0 Å². The summed E-state index contributed by atoms with van der Waals surface area (Å²) in [6, 6.07) is 17.0. The molecule has 0 unspecified atom stereocenters. The number of nitrogens with one attached hydrogen (secondary N) is 1. The first-order valence-electron chi connectivity index (χ1n) is 7.93. The van der Waals surface area contributed by atoms with Crippen molar-refractivity contribution in [2.75, 3.05) is 5.32 Å². The van der Waals surface area contributed by atoms with Crippen LogP contribution in [0.4, 0.5) is 5.69 Å². The molecule has 2 aromatic carbocycles. The van der Waals surface area contributed by atoms with Gasteiger partial charge in [0.1, 0.15) is 0 Å². The van der Waals surface area contributed by atoms with Gasteiger partial charge in [-0.3, -0.25) is 0 Å². The highest BCUT2D eigenvalue weighted by Crippen LogP contribution is 2.25. The Balaban J connectivity index is 2.14. The third-order valence-corrected chi connectivity index (χ3v) is 3.98. The Hall–Kier alpha value is -2.28. The van der Waals surface area contributed by atoms with E-state index >= 15 is 0 Å². The van der Waals surface area contributed by atoms with Crippen molar-refractivity contribution >= 4 is 16.8 Å². The summed E-state index contributed by atoms with van der Waals surface area (Å²) in [6.07, 6.45) is 1.94. The van der Waals surface area contributed by atoms with Gasteiger partial charge < -0.3 is 5.32 Å². The maximum absolute atomic E-state index is 4.16. The number of hydrogen-bond donors (Lipinski definition) is 1. The molecule has 0 aliphatic carbocycles. The highest BCUT2D eigenvalue weighted by Gasteiger charge is 2.04. The highest BCUT2D eigenvalue weighted by atomic mass is 14.9. The van der Waals surface area contributed by atoms with Gasteiger partial charge in [-0.1, -0.05) is 63.4 Å². The lowest BCUT2D eigenvalue weighted by atomic mass is 10.0. The van der Waals surface area contributed by atoms with Crippen LogP contribution in [-0.4, -0.2) is 0 Å². The summed E-state index contributed by atoms with van der Waals surface area (Å²) < 4.78 is 0. The minimum absolute atomic E-state index is 0.804. The zero-order valence-corrected chi connectivity index (χ0v) is 13.7. The lowest BCUT2D eigenvalue weighted by molar-refractivity contribution is 1.13. The van der Waals surface area contributed by atoms with Crippen molar-refractivity contribution in [3.63, 3.8) is 0 Å². The van der Waals surface area contributed by atoms with Crippen LogP contribution < -0.4 is 5.32 Å². The van der Waals surface area contributed by atoms with Gasteiger partial charge in [0.2, 0.25) is 0 Å². The fourth-order valence-electron chi connectivity index (χ4n) is 2.44. The lowest BCUT2D eigenvalue weighted by Crippen LogP contribution is -2.02. The summed E-state index contributed by atoms with van der Waals surface area (Å²) in [5, 5.41) is 3.54. The summed E-state index contributed by atoms with van der Waals surface area (Å²) in [6.45, 7) is 13.4. The first-order chi connectivity index (χ1) is 10.7. The Morgan fingerprint density at radius 3 is 2.36 bits per heavy atom. The van der Waals surface area contributed by atoms with Crippen LogP contribution in [-0.2, 0) is 6.54 Å². The van der Waals surface area contributed by atoms with E-state index in [9.17, 15) is 0 Å². The molecule has 1 N–H and O–H groups in total. The van der Waals surface area contributed by atoms with Gasteiger partial charge in [-0.15, -0.1) is 0 Å². The molecular formula is C21H25N. The van der Waals surface area contributed by atoms with E-state index in [1.54, 1.807) is 0 Å². The summed E-state index contributed by atoms with van der Waals surface area (Å²) in [5.41, 5.74) is 7.20. The van der Waals surface area contributed by atoms with Gasteiger partial charge in [-0.05, 0) is 47.2 Å². The Bertz CT molecular complexity index is 667. The zero-order chi connectivity index (χ0) is 15.9. The molecule has 1 nitrogen and oxygen atoms in total. The third kappa shape index (κ3) is 3.88. The molecule has 0 radical (unpaired) electrons. The maximum atomic E-state index is 4.16. The minimum Gasteiger partial charge on any atom is -0.380 e. The van der Waals surface area contributed by atoms with Gasteiger partial charge >= 0.3 is 0 Å². The standard InChI is InChI=1S/C21H25N/c1-5-16(3)19-11-9-10-18(14-19)15-22-21-13-8-7-12-20(21)17(4)6-2/h7-14,22H,3-6,15H2,1-2H3. The second-order valence-corrected chi connectivity index (χ2v) is 5.51. The number of hydrogen-bond acceptors (Lipinski definition) is 1. The molecule has 0 aliphatic heterocycles. The Labute approximate surface area is 134 Å². The van der Waals surface area contributed by atoms with Crippen LogP contribution in [0.1, 0.15) is 43.4 Å². The second kappa shape index (κ2) is 7.65. The van der Waals surface area contributed by atoms with Crippen molar-refractivity contribution in [1.82, 2.24) is 0 Å². The monoisotopic (exact) mass is 291 g/mol. The van der Waals surface area contributed by atoms with E-state index in [4.69, 9.17) is 0 Å². The van der Waals surface area contributed by atoms with Crippen LogP contribution in [0.3, 0.4) is 0 Å². The summed E-state index contributed by atoms with van der Waals surface area (Å²) in [7, 11) is 0. The van der Waals surface area contributed by atoms with E-state index in [0.717, 1.165) is 30.6 Å². The van der Waals surface area contributed by atoms with E-state index in [2.05, 4.69) is 80.9 Å². The van der Waals surface area contributed by atoms with E-state index in [1.165, 1.54) is 22.3 Å². The van der Waals surface area contributed by atoms with Gasteiger partial charge in [0, 0.05) is 17.8 Å². The molecule has 0 heterocycles. The van der Waals surface area contributed by atoms with Crippen LogP contribution in [0.5, 0.6) is 0 Å². The van der Waals surface area contributed by atoms with Crippen molar-refractivity contribution < 1.29 is 0 Å². The van der Waals surface area contributed by atoms with E-state index in [-0.39, 0.29) is 0 Å². The molecule has 0 saturated heterocycles. The van der Waals surface area contributed by atoms with Crippen molar-refractivity contribution in [1.29, 1.82) is 0 Å². The number of anilines is 1. The van der Waals surface area contributed by atoms with Crippen LogP contribution in [0.2, 0.25) is 0 Å². The van der Waals surface area contributed by atoms with Gasteiger partial charge in [0.05, 0.1) is 0 Å². The molecule has 0 amide bonds. The average molecular weight is 291 g/mol. The van der Waals surface area contributed by atoms with Crippen molar-refractivity contribution in [2.45, 2.75) is 33.2 Å². The highest BCUT2D eigenvalue weighted by molar-refractivity contribution is 5.75. The van der Waals surface area contributed by atoms with E-state index in [1.807, 2.05) is 0 Å². The molecule has 2 rings (SSSR count). The van der Waals surface area contributed by atoms with Crippen LogP contribution in [0, 0.1) is 0 Å². The molecule has 0 saturated carbocycles. The quantitative estimate of drug-likeness (QED) is 0.645. The molecule has 0 aliphatic rings. The summed E-state index contributed by atoms with van der Waals surface area (Å²) in [4.78, 5) is 0. The van der Waals surface area contributed by atoms with Gasteiger partial charge in [0.15, 0.2) is 0 Å². The number of para-hydroxylation sites is 1. The smallest absolute Gasteiger partial charge is 0.0419 e.